The minimum absolute atomic E-state index is 0.134. The number of hydrogen-bond acceptors (Lipinski definition) is 5. The molecule has 2 aliphatic rings. The Bertz CT molecular complexity index is 581. The Morgan fingerprint density at radius 2 is 2.16 bits per heavy atom. The summed E-state index contributed by atoms with van der Waals surface area (Å²) in [6, 6.07) is 5.85. The molecular weight excluding hydrogens is 322 g/mol. The molecule has 3 rings (SSSR count). The van der Waals surface area contributed by atoms with E-state index in [1.807, 2.05) is 18.2 Å². The molecular formula is C18H27N3O4. The standard InChI is InChI=1S/C18H27N3O4/c1-23-10-7-21-6-5-15(13-21)20-18(22)19-12-14-3-4-16-17(11-14)25-9-2-8-24-16/h3-4,11,15H,2,5-10,12-13H2,1H3,(H2,19,20,22). The summed E-state index contributed by atoms with van der Waals surface area (Å²) in [6.45, 7) is 5.30. The first-order chi connectivity index (χ1) is 12.2. The molecule has 2 N–H and O–H groups in total. The van der Waals surface area contributed by atoms with Gasteiger partial charge in [0.25, 0.3) is 0 Å². The molecule has 0 bridgehead atoms. The van der Waals surface area contributed by atoms with Crippen LogP contribution >= 0.6 is 0 Å². The average molecular weight is 349 g/mol. The summed E-state index contributed by atoms with van der Waals surface area (Å²) >= 11 is 0. The van der Waals surface area contributed by atoms with Crippen molar-refractivity contribution >= 4 is 6.03 Å². The fourth-order valence-electron chi connectivity index (χ4n) is 3.11. The first kappa shape index (κ1) is 17.8. The molecule has 0 saturated carbocycles. The van der Waals surface area contributed by atoms with Crippen LogP contribution in [0.3, 0.4) is 0 Å². The number of nitrogens with one attached hydrogen (secondary N) is 2. The van der Waals surface area contributed by atoms with Crippen LogP contribution in [-0.4, -0.2) is 63.5 Å². The van der Waals surface area contributed by atoms with Crippen molar-refractivity contribution in [2.45, 2.75) is 25.4 Å². The monoisotopic (exact) mass is 349 g/mol. The molecule has 2 aliphatic heterocycles. The minimum Gasteiger partial charge on any atom is -0.490 e. The van der Waals surface area contributed by atoms with E-state index < -0.39 is 0 Å². The average Bonchev–Trinajstić information content (AvgIpc) is 2.92. The summed E-state index contributed by atoms with van der Waals surface area (Å²) in [5.74, 6) is 1.52. The molecule has 2 amide bonds. The van der Waals surface area contributed by atoms with Crippen LogP contribution in [0.25, 0.3) is 0 Å². The van der Waals surface area contributed by atoms with Crippen molar-refractivity contribution < 1.29 is 19.0 Å². The number of likely N-dealkylation sites (tertiary alicyclic amines) is 1. The number of rotatable bonds is 6. The lowest BCUT2D eigenvalue weighted by atomic mass is 10.2. The van der Waals surface area contributed by atoms with Crippen molar-refractivity contribution in [3.8, 4) is 11.5 Å². The predicted octanol–water partition coefficient (Wildman–Crippen LogP) is 1.37. The molecule has 0 radical (unpaired) electrons. The van der Waals surface area contributed by atoms with Gasteiger partial charge in [-0.05, 0) is 24.1 Å². The van der Waals surface area contributed by atoms with Crippen molar-refractivity contribution in [1.82, 2.24) is 15.5 Å². The van der Waals surface area contributed by atoms with Crippen LogP contribution in [0.2, 0.25) is 0 Å². The van der Waals surface area contributed by atoms with Crippen molar-refractivity contribution in [2.24, 2.45) is 0 Å². The summed E-state index contributed by atoms with van der Waals surface area (Å²) < 4.78 is 16.4. The SMILES string of the molecule is COCCN1CCC(NC(=O)NCc2ccc3c(c2)OCCCO3)C1. The zero-order valence-corrected chi connectivity index (χ0v) is 14.8. The third-order valence-electron chi connectivity index (χ3n) is 4.48. The maximum absolute atomic E-state index is 12.1. The summed E-state index contributed by atoms with van der Waals surface area (Å²) in [5, 5.41) is 5.96. The molecule has 1 unspecified atom stereocenters. The largest absolute Gasteiger partial charge is 0.490 e. The first-order valence-electron chi connectivity index (χ1n) is 8.89. The maximum atomic E-state index is 12.1. The molecule has 0 aliphatic carbocycles. The highest BCUT2D eigenvalue weighted by Gasteiger charge is 2.23. The second-order valence-electron chi connectivity index (χ2n) is 6.44. The highest BCUT2D eigenvalue weighted by atomic mass is 16.5. The Balaban J connectivity index is 1.43. The van der Waals surface area contributed by atoms with Gasteiger partial charge in [-0.2, -0.15) is 0 Å². The molecule has 0 aromatic heterocycles. The lowest BCUT2D eigenvalue weighted by Crippen LogP contribution is -2.43. The van der Waals surface area contributed by atoms with E-state index in [1.54, 1.807) is 7.11 Å². The van der Waals surface area contributed by atoms with Gasteiger partial charge in [-0.3, -0.25) is 4.90 Å². The molecule has 1 atom stereocenters. The smallest absolute Gasteiger partial charge is 0.315 e. The van der Waals surface area contributed by atoms with Gasteiger partial charge in [-0.1, -0.05) is 6.07 Å². The highest BCUT2D eigenvalue weighted by Crippen LogP contribution is 2.30. The van der Waals surface area contributed by atoms with E-state index in [0.717, 1.165) is 56.1 Å². The number of amides is 2. The summed E-state index contributed by atoms with van der Waals surface area (Å²) in [4.78, 5) is 14.4. The van der Waals surface area contributed by atoms with Crippen LogP contribution in [0.5, 0.6) is 11.5 Å². The number of benzene rings is 1. The normalized spacial score (nSPS) is 20.1. The zero-order valence-electron chi connectivity index (χ0n) is 14.8. The molecule has 1 fully saturated rings. The Morgan fingerprint density at radius 1 is 1.32 bits per heavy atom. The van der Waals surface area contributed by atoms with Crippen molar-refractivity contribution in [3.63, 3.8) is 0 Å². The van der Waals surface area contributed by atoms with Gasteiger partial charge < -0.3 is 24.8 Å². The quantitative estimate of drug-likeness (QED) is 0.812. The third kappa shape index (κ3) is 5.24. The van der Waals surface area contributed by atoms with Gasteiger partial charge >= 0.3 is 6.03 Å². The molecule has 2 heterocycles. The van der Waals surface area contributed by atoms with Crippen molar-refractivity contribution in [1.29, 1.82) is 0 Å². The van der Waals surface area contributed by atoms with Crippen molar-refractivity contribution in [2.75, 3.05) is 46.6 Å². The predicted molar refractivity (Wildman–Crippen MR) is 94.1 cm³/mol. The van der Waals surface area contributed by atoms with E-state index in [-0.39, 0.29) is 12.1 Å². The van der Waals surface area contributed by atoms with E-state index in [9.17, 15) is 4.79 Å². The van der Waals surface area contributed by atoms with Crippen LogP contribution in [0, 0.1) is 0 Å². The van der Waals surface area contributed by atoms with Gasteiger partial charge in [0.2, 0.25) is 0 Å². The molecule has 1 aromatic rings. The summed E-state index contributed by atoms with van der Waals surface area (Å²) in [7, 11) is 1.71. The number of ether oxygens (including phenoxy) is 3. The van der Waals surface area contributed by atoms with E-state index >= 15 is 0 Å². The Hall–Kier alpha value is -1.99. The van der Waals surface area contributed by atoms with Crippen LogP contribution in [0.4, 0.5) is 4.79 Å². The number of hydrogen-bond donors (Lipinski definition) is 2. The number of methoxy groups -OCH3 is 1. The Labute approximate surface area is 148 Å². The van der Waals surface area contributed by atoms with E-state index in [2.05, 4.69) is 15.5 Å². The number of carbonyl (C=O) groups excluding carboxylic acids is 1. The summed E-state index contributed by atoms with van der Waals surface area (Å²) in [6.07, 6.45) is 1.86. The van der Waals surface area contributed by atoms with Gasteiger partial charge in [0.1, 0.15) is 0 Å². The minimum atomic E-state index is -0.134. The van der Waals surface area contributed by atoms with E-state index in [0.29, 0.717) is 19.8 Å². The number of nitrogens with zero attached hydrogens (tertiary/aromatic N) is 1. The van der Waals surface area contributed by atoms with Gasteiger partial charge in [-0.25, -0.2) is 4.79 Å². The van der Waals surface area contributed by atoms with Crippen LogP contribution < -0.4 is 20.1 Å². The maximum Gasteiger partial charge on any atom is 0.315 e. The van der Waals surface area contributed by atoms with Crippen LogP contribution in [-0.2, 0) is 11.3 Å². The molecule has 1 aromatic carbocycles. The van der Waals surface area contributed by atoms with Crippen molar-refractivity contribution in [3.05, 3.63) is 23.8 Å². The van der Waals surface area contributed by atoms with Crippen LogP contribution in [0.1, 0.15) is 18.4 Å². The lowest BCUT2D eigenvalue weighted by Gasteiger charge is -2.16. The highest BCUT2D eigenvalue weighted by molar-refractivity contribution is 5.74. The second kappa shape index (κ2) is 8.92. The van der Waals surface area contributed by atoms with E-state index in [4.69, 9.17) is 14.2 Å². The Kier molecular flexibility index (Phi) is 6.36. The van der Waals surface area contributed by atoms with E-state index in [1.165, 1.54) is 0 Å². The zero-order chi connectivity index (χ0) is 17.5. The first-order valence-corrected chi connectivity index (χ1v) is 8.89. The Morgan fingerprint density at radius 3 is 3.00 bits per heavy atom. The number of fused-ring (bicyclic) bond motifs is 1. The molecule has 1 saturated heterocycles. The van der Waals surface area contributed by atoms with Gasteiger partial charge in [0.15, 0.2) is 11.5 Å². The topological polar surface area (TPSA) is 72.1 Å². The molecule has 7 heteroatoms. The van der Waals surface area contributed by atoms with Gasteiger partial charge in [0, 0.05) is 45.8 Å². The van der Waals surface area contributed by atoms with Crippen LogP contribution in [0.15, 0.2) is 18.2 Å². The summed E-state index contributed by atoms with van der Waals surface area (Å²) in [5.41, 5.74) is 0.993. The third-order valence-corrected chi connectivity index (χ3v) is 4.48. The fraction of sp³-hybridized carbons (Fsp3) is 0.611. The fourth-order valence-corrected chi connectivity index (χ4v) is 3.11. The molecule has 0 spiro atoms. The van der Waals surface area contributed by atoms with Gasteiger partial charge in [0.05, 0.1) is 19.8 Å². The molecule has 25 heavy (non-hydrogen) atoms. The number of carbonyl (C=O) groups is 1. The molecule has 138 valence electrons. The number of urea groups is 1. The van der Waals surface area contributed by atoms with Gasteiger partial charge in [-0.15, -0.1) is 0 Å². The second-order valence-corrected chi connectivity index (χ2v) is 6.44. The molecule has 7 nitrogen and oxygen atoms in total. The lowest BCUT2D eigenvalue weighted by molar-refractivity contribution is 0.159.